The SMILES string of the molecule is CC(C)(C)OC(=O)N1C[C@H](C=O)[C@@H]2C[C@@H]21. The summed E-state index contributed by atoms with van der Waals surface area (Å²) in [4.78, 5) is 24.2. The fourth-order valence-corrected chi connectivity index (χ4v) is 2.19. The number of hydrogen-bond acceptors (Lipinski definition) is 3. The van der Waals surface area contributed by atoms with Gasteiger partial charge in [-0.05, 0) is 33.1 Å². The number of likely N-dealkylation sites (tertiary alicyclic amines) is 1. The van der Waals surface area contributed by atoms with E-state index in [1.54, 1.807) is 4.90 Å². The summed E-state index contributed by atoms with van der Waals surface area (Å²) in [6.45, 7) is 6.08. The lowest BCUT2D eigenvalue weighted by Gasteiger charge is -2.25. The number of carbonyl (C=O) groups excluding carboxylic acids is 2. The van der Waals surface area contributed by atoms with Gasteiger partial charge in [-0.15, -0.1) is 0 Å². The monoisotopic (exact) mass is 211 g/mol. The van der Waals surface area contributed by atoms with Crippen molar-refractivity contribution < 1.29 is 14.3 Å². The Labute approximate surface area is 89.6 Å². The molecule has 0 aromatic heterocycles. The number of piperidine rings is 1. The average Bonchev–Trinajstić information content (AvgIpc) is 2.78. The van der Waals surface area contributed by atoms with Gasteiger partial charge in [-0.2, -0.15) is 0 Å². The Balaban J connectivity index is 1.96. The molecule has 0 aromatic carbocycles. The minimum Gasteiger partial charge on any atom is -0.444 e. The van der Waals surface area contributed by atoms with Crippen LogP contribution in [0.25, 0.3) is 0 Å². The summed E-state index contributed by atoms with van der Waals surface area (Å²) in [7, 11) is 0. The first-order valence-electron chi connectivity index (χ1n) is 5.37. The van der Waals surface area contributed by atoms with Gasteiger partial charge < -0.3 is 14.4 Å². The quantitative estimate of drug-likeness (QED) is 0.616. The predicted molar refractivity (Wildman–Crippen MR) is 54.4 cm³/mol. The molecule has 2 fully saturated rings. The molecular weight excluding hydrogens is 194 g/mol. The lowest BCUT2D eigenvalue weighted by Crippen LogP contribution is -2.37. The second kappa shape index (κ2) is 3.22. The summed E-state index contributed by atoms with van der Waals surface area (Å²) in [5.41, 5.74) is -0.458. The second-order valence-electron chi connectivity index (χ2n) is 5.40. The van der Waals surface area contributed by atoms with Gasteiger partial charge in [0.05, 0.1) is 0 Å². The van der Waals surface area contributed by atoms with Crippen molar-refractivity contribution in [2.24, 2.45) is 11.8 Å². The molecule has 2 rings (SSSR count). The Hall–Kier alpha value is -1.06. The number of aldehydes is 1. The normalized spacial score (nSPS) is 33.5. The predicted octanol–water partition coefficient (Wildman–Crippen LogP) is 1.44. The number of carbonyl (C=O) groups is 2. The van der Waals surface area contributed by atoms with Gasteiger partial charge in [-0.3, -0.25) is 0 Å². The Morgan fingerprint density at radius 3 is 2.60 bits per heavy atom. The van der Waals surface area contributed by atoms with Crippen LogP contribution in [0.1, 0.15) is 27.2 Å². The van der Waals surface area contributed by atoms with E-state index in [1.807, 2.05) is 20.8 Å². The molecule has 0 bridgehead atoms. The zero-order valence-corrected chi connectivity index (χ0v) is 9.40. The Bertz CT molecular complexity index is 295. The summed E-state index contributed by atoms with van der Waals surface area (Å²) in [6.07, 6.45) is 1.65. The third kappa shape index (κ3) is 1.98. The Morgan fingerprint density at radius 1 is 1.47 bits per heavy atom. The summed E-state index contributed by atoms with van der Waals surface area (Å²) < 4.78 is 5.28. The summed E-state index contributed by atoms with van der Waals surface area (Å²) in [5, 5.41) is 0. The highest BCUT2D eigenvalue weighted by atomic mass is 16.6. The second-order valence-corrected chi connectivity index (χ2v) is 5.40. The molecular formula is C11H17NO3. The maximum Gasteiger partial charge on any atom is 0.410 e. The molecule has 3 atom stereocenters. The fraction of sp³-hybridized carbons (Fsp3) is 0.818. The minimum absolute atomic E-state index is 0.0301. The van der Waals surface area contributed by atoms with Crippen molar-refractivity contribution in [1.29, 1.82) is 0 Å². The molecule has 1 aliphatic heterocycles. The Kier molecular flexibility index (Phi) is 2.24. The zero-order valence-electron chi connectivity index (χ0n) is 9.40. The van der Waals surface area contributed by atoms with Gasteiger partial charge >= 0.3 is 6.09 Å². The topological polar surface area (TPSA) is 46.6 Å². The smallest absolute Gasteiger partial charge is 0.410 e. The van der Waals surface area contributed by atoms with Gasteiger partial charge in [0.25, 0.3) is 0 Å². The van der Waals surface area contributed by atoms with Crippen molar-refractivity contribution in [1.82, 2.24) is 4.90 Å². The summed E-state index contributed by atoms with van der Waals surface area (Å²) >= 11 is 0. The van der Waals surface area contributed by atoms with E-state index < -0.39 is 5.60 Å². The molecule has 0 N–H and O–H groups in total. The van der Waals surface area contributed by atoms with Crippen LogP contribution in [0.2, 0.25) is 0 Å². The van der Waals surface area contributed by atoms with E-state index in [4.69, 9.17) is 4.74 Å². The van der Waals surface area contributed by atoms with E-state index in [0.717, 1.165) is 12.7 Å². The van der Waals surface area contributed by atoms with Crippen LogP contribution in [0, 0.1) is 11.8 Å². The van der Waals surface area contributed by atoms with Gasteiger partial charge in [-0.1, -0.05) is 0 Å². The van der Waals surface area contributed by atoms with E-state index >= 15 is 0 Å². The molecule has 0 radical (unpaired) electrons. The van der Waals surface area contributed by atoms with Crippen LogP contribution in [-0.4, -0.2) is 35.5 Å². The molecule has 1 heterocycles. The summed E-state index contributed by atoms with van der Waals surface area (Å²) in [6, 6.07) is 0.259. The third-order valence-corrected chi connectivity index (χ3v) is 2.97. The summed E-state index contributed by atoms with van der Waals surface area (Å²) in [5.74, 6) is 0.428. The van der Waals surface area contributed by atoms with Crippen molar-refractivity contribution >= 4 is 12.4 Å². The van der Waals surface area contributed by atoms with Crippen molar-refractivity contribution in [2.45, 2.75) is 38.8 Å². The van der Waals surface area contributed by atoms with Crippen LogP contribution in [0.4, 0.5) is 4.79 Å². The molecule has 0 aromatic rings. The van der Waals surface area contributed by atoms with Crippen molar-refractivity contribution in [3.63, 3.8) is 0 Å². The maximum atomic E-state index is 11.7. The molecule has 0 spiro atoms. The molecule has 4 nitrogen and oxygen atoms in total. The zero-order chi connectivity index (χ0) is 11.2. The molecule has 15 heavy (non-hydrogen) atoms. The highest BCUT2D eigenvalue weighted by Crippen LogP contribution is 2.47. The van der Waals surface area contributed by atoms with Crippen LogP contribution in [-0.2, 0) is 9.53 Å². The lowest BCUT2D eigenvalue weighted by molar-refractivity contribution is -0.111. The van der Waals surface area contributed by atoms with Crippen LogP contribution < -0.4 is 0 Å². The number of amides is 1. The Morgan fingerprint density at radius 2 is 2.13 bits per heavy atom. The number of rotatable bonds is 1. The lowest BCUT2D eigenvalue weighted by atomic mass is 10.1. The first-order chi connectivity index (χ1) is 6.92. The highest BCUT2D eigenvalue weighted by molar-refractivity contribution is 5.72. The molecule has 1 aliphatic carbocycles. The molecule has 4 heteroatoms. The largest absolute Gasteiger partial charge is 0.444 e. The molecule has 1 saturated carbocycles. The van der Waals surface area contributed by atoms with Gasteiger partial charge in [-0.25, -0.2) is 4.79 Å². The highest BCUT2D eigenvalue weighted by Gasteiger charge is 2.55. The standard InChI is InChI=1S/C11H17NO3/c1-11(2,3)15-10(14)12-5-7(6-13)8-4-9(8)12/h6-9H,4-5H2,1-3H3/t7-,8+,9+/m1/s1. The van der Waals surface area contributed by atoms with Gasteiger partial charge in [0.15, 0.2) is 0 Å². The first kappa shape index (κ1) is 10.5. The maximum absolute atomic E-state index is 11.7. The molecule has 1 saturated heterocycles. The van der Waals surface area contributed by atoms with Crippen LogP contribution in [0.15, 0.2) is 0 Å². The van der Waals surface area contributed by atoms with E-state index in [1.165, 1.54) is 0 Å². The van der Waals surface area contributed by atoms with Gasteiger partial charge in [0, 0.05) is 18.5 Å². The van der Waals surface area contributed by atoms with Crippen molar-refractivity contribution in [3.05, 3.63) is 0 Å². The molecule has 0 unspecified atom stereocenters. The number of ether oxygens (including phenoxy) is 1. The number of fused-ring (bicyclic) bond motifs is 1. The third-order valence-electron chi connectivity index (χ3n) is 2.97. The first-order valence-corrected chi connectivity index (χ1v) is 5.37. The van der Waals surface area contributed by atoms with Crippen LogP contribution in [0.3, 0.4) is 0 Å². The number of hydrogen-bond donors (Lipinski definition) is 0. The van der Waals surface area contributed by atoms with E-state index in [9.17, 15) is 9.59 Å². The van der Waals surface area contributed by atoms with Crippen molar-refractivity contribution in [3.8, 4) is 0 Å². The van der Waals surface area contributed by atoms with E-state index in [0.29, 0.717) is 12.5 Å². The van der Waals surface area contributed by atoms with Gasteiger partial charge in [0.1, 0.15) is 11.9 Å². The van der Waals surface area contributed by atoms with Gasteiger partial charge in [0.2, 0.25) is 0 Å². The van der Waals surface area contributed by atoms with Crippen LogP contribution in [0.5, 0.6) is 0 Å². The molecule has 1 amide bonds. The van der Waals surface area contributed by atoms with E-state index in [-0.39, 0.29) is 18.1 Å². The van der Waals surface area contributed by atoms with E-state index in [2.05, 4.69) is 0 Å². The molecule has 84 valence electrons. The van der Waals surface area contributed by atoms with Crippen molar-refractivity contribution in [2.75, 3.05) is 6.54 Å². The minimum atomic E-state index is -0.458. The van der Waals surface area contributed by atoms with Crippen LogP contribution >= 0.6 is 0 Å². The number of nitrogens with zero attached hydrogens (tertiary/aromatic N) is 1. The fourth-order valence-electron chi connectivity index (χ4n) is 2.19. The average molecular weight is 211 g/mol. The molecule has 2 aliphatic rings.